The first kappa shape index (κ1) is 10.4. The van der Waals surface area contributed by atoms with Gasteiger partial charge in [-0.25, -0.2) is 0 Å². The molecule has 1 rings (SSSR count). The van der Waals surface area contributed by atoms with Crippen LogP contribution in [0.4, 0.5) is 0 Å². The molecule has 0 heterocycles. The van der Waals surface area contributed by atoms with Crippen LogP contribution in [0.15, 0.2) is 18.2 Å². The van der Waals surface area contributed by atoms with Gasteiger partial charge in [0.15, 0.2) is 0 Å². The maximum Gasteiger partial charge on any atom is 0.251 e. The third-order valence-corrected chi connectivity index (χ3v) is 2.00. The lowest BCUT2D eigenvalue weighted by Crippen LogP contribution is -2.22. The Morgan fingerprint density at radius 1 is 1.50 bits per heavy atom. The molecule has 14 heavy (non-hydrogen) atoms. The zero-order valence-corrected chi connectivity index (χ0v) is 8.33. The SMILES string of the molecule is CCNC(=O)c1ccc(C=O)c(C)c1. The second-order valence-corrected chi connectivity index (χ2v) is 3.05. The highest BCUT2D eigenvalue weighted by molar-refractivity contribution is 5.95. The number of hydrogen-bond donors (Lipinski definition) is 1. The highest BCUT2D eigenvalue weighted by atomic mass is 16.1. The molecular weight excluding hydrogens is 178 g/mol. The Morgan fingerprint density at radius 3 is 2.71 bits per heavy atom. The number of benzene rings is 1. The van der Waals surface area contributed by atoms with Crippen molar-refractivity contribution in [3.8, 4) is 0 Å². The van der Waals surface area contributed by atoms with Crippen molar-refractivity contribution in [3.63, 3.8) is 0 Å². The molecule has 0 atom stereocenters. The quantitative estimate of drug-likeness (QED) is 0.737. The summed E-state index contributed by atoms with van der Waals surface area (Å²) in [6, 6.07) is 5.03. The van der Waals surface area contributed by atoms with Crippen molar-refractivity contribution in [2.75, 3.05) is 6.54 Å². The summed E-state index contributed by atoms with van der Waals surface area (Å²) < 4.78 is 0. The average Bonchev–Trinajstić information content (AvgIpc) is 2.18. The van der Waals surface area contributed by atoms with Crippen LogP contribution in [0.3, 0.4) is 0 Å². The van der Waals surface area contributed by atoms with Crippen LogP contribution in [0.1, 0.15) is 33.2 Å². The minimum absolute atomic E-state index is 0.104. The molecule has 0 aliphatic carbocycles. The lowest BCUT2D eigenvalue weighted by Gasteiger charge is -2.04. The standard InChI is InChI=1S/C11H13NO2/c1-3-12-11(14)9-4-5-10(7-13)8(2)6-9/h4-7H,3H2,1-2H3,(H,12,14). The Hall–Kier alpha value is -1.64. The van der Waals surface area contributed by atoms with Gasteiger partial charge in [-0.3, -0.25) is 9.59 Å². The van der Waals surface area contributed by atoms with Gasteiger partial charge in [0.2, 0.25) is 0 Å². The lowest BCUT2D eigenvalue weighted by molar-refractivity contribution is 0.0955. The zero-order chi connectivity index (χ0) is 10.6. The van der Waals surface area contributed by atoms with Crippen molar-refractivity contribution in [1.29, 1.82) is 0 Å². The minimum Gasteiger partial charge on any atom is -0.352 e. The van der Waals surface area contributed by atoms with Gasteiger partial charge in [-0.15, -0.1) is 0 Å². The number of aryl methyl sites for hydroxylation is 1. The summed E-state index contributed by atoms with van der Waals surface area (Å²) in [7, 11) is 0. The van der Waals surface area contributed by atoms with Crippen LogP contribution in [-0.4, -0.2) is 18.7 Å². The highest BCUT2D eigenvalue weighted by Gasteiger charge is 2.05. The van der Waals surface area contributed by atoms with Crippen LogP contribution in [0.25, 0.3) is 0 Å². The molecule has 0 aliphatic rings. The summed E-state index contributed by atoms with van der Waals surface area (Å²) in [4.78, 5) is 21.9. The normalized spacial score (nSPS) is 9.57. The van der Waals surface area contributed by atoms with Crippen LogP contribution in [0.2, 0.25) is 0 Å². The van der Waals surface area contributed by atoms with Crippen LogP contribution >= 0.6 is 0 Å². The van der Waals surface area contributed by atoms with Crippen molar-refractivity contribution in [2.45, 2.75) is 13.8 Å². The first-order chi connectivity index (χ1) is 6.69. The lowest BCUT2D eigenvalue weighted by atomic mass is 10.1. The van der Waals surface area contributed by atoms with E-state index in [1.165, 1.54) is 0 Å². The smallest absolute Gasteiger partial charge is 0.251 e. The number of carbonyl (C=O) groups excluding carboxylic acids is 2. The molecule has 0 spiro atoms. The van der Waals surface area contributed by atoms with Gasteiger partial charge < -0.3 is 5.32 Å². The third-order valence-electron chi connectivity index (χ3n) is 2.00. The van der Waals surface area contributed by atoms with Crippen molar-refractivity contribution < 1.29 is 9.59 Å². The Balaban J connectivity index is 2.96. The minimum atomic E-state index is -0.104. The third kappa shape index (κ3) is 2.19. The second-order valence-electron chi connectivity index (χ2n) is 3.05. The zero-order valence-electron chi connectivity index (χ0n) is 8.33. The Bertz CT molecular complexity index is 358. The van der Waals surface area contributed by atoms with E-state index in [9.17, 15) is 9.59 Å². The summed E-state index contributed by atoms with van der Waals surface area (Å²) in [5.74, 6) is -0.104. The van der Waals surface area contributed by atoms with Gasteiger partial charge in [0.05, 0.1) is 0 Å². The van der Waals surface area contributed by atoms with E-state index in [1.54, 1.807) is 18.2 Å². The van der Waals surface area contributed by atoms with Gasteiger partial charge in [-0.1, -0.05) is 6.07 Å². The maximum absolute atomic E-state index is 11.4. The summed E-state index contributed by atoms with van der Waals surface area (Å²) in [5.41, 5.74) is 2.04. The molecular formula is C11H13NO2. The van der Waals surface area contributed by atoms with E-state index in [-0.39, 0.29) is 5.91 Å². The number of carbonyl (C=O) groups is 2. The average molecular weight is 191 g/mol. The predicted octanol–water partition coefficient (Wildman–Crippen LogP) is 1.56. The molecule has 0 bridgehead atoms. The summed E-state index contributed by atoms with van der Waals surface area (Å²) >= 11 is 0. The molecule has 1 amide bonds. The van der Waals surface area contributed by atoms with Crippen molar-refractivity contribution in [3.05, 3.63) is 34.9 Å². The van der Waals surface area contributed by atoms with E-state index < -0.39 is 0 Å². The molecule has 0 fully saturated rings. The van der Waals surface area contributed by atoms with Crippen LogP contribution < -0.4 is 5.32 Å². The van der Waals surface area contributed by atoms with E-state index in [1.807, 2.05) is 13.8 Å². The molecule has 1 aromatic rings. The van der Waals surface area contributed by atoms with E-state index in [0.717, 1.165) is 11.8 Å². The Kier molecular flexibility index (Phi) is 3.40. The fourth-order valence-electron chi connectivity index (χ4n) is 1.21. The molecule has 3 nitrogen and oxygen atoms in total. The van der Waals surface area contributed by atoms with E-state index in [2.05, 4.69) is 5.32 Å². The molecule has 0 aromatic heterocycles. The van der Waals surface area contributed by atoms with E-state index >= 15 is 0 Å². The molecule has 0 aliphatic heterocycles. The second kappa shape index (κ2) is 4.56. The van der Waals surface area contributed by atoms with Crippen LogP contribution in [-0.2, 0) is 0 Å². The monoisotopic (exact) mass is 191 g/mol. The van der Waals surface area contributed by atoms with Gasteiger partial charge in [0, 0.05) is 17.7 Å². The number of hydrogen-bond acceptors (Lipinski definition) is 2. The molecule has 0 radical (unpaired) electrons. The van der Waals surface area contributed by atoms with E-state index in [0.29, 0.717) is 17.7 Å². The van der Waals surface area contributed by atoms with Crippen molar-refractivity contribution >= 4 is 12.2 Å². The molecule has 74 valence electrons. The molecule has 1 aromatic carbocycles. The molecule has 3 heteroatoms. The first-order valence-corrected chi connectivity index (χ1v) is 4.53. The van der Waals surface area contributed by atoms with Crippen molar-refractivity contribution in [2.24, 2.45) is 0 Å². The van der Waals surface area contributed by atoms with Gasteiger partial charge in [-0.05, 0) is 31.5 Å². The topological polar surface area (TPSA) is 46.2 Å². The highest BCUT2D eigenvalue weighted by Crippen LogP contribution is 2.08. The van der Waals surface area contributed by atoms with E-state index in [4.69, 9.17) is 0 Å². The maximum atomic E-state index is 11.4. The number of amides is 1. The van der Waals surface area contributed by atoms with Gasteiger partial charge in [0.25, 0.3) is 5.91 Å². The summed E-state index contributed by atoms with van der Waals surface area (Å²) in [6.07, 6.45) is 0.789. The fraction of sp³-hybridized carbons (Fsp3) is 0.273. The van der Waals surface area contributed by atoms with Crippen LogP contribution in [0.5, 0.6) is 0 Å². The number of rotatable bonds is 3. The fourth-order valence-corrected chi connectivity index (χ4v) is 1.21. The Morgan fingerprint density at radius 2 is 2.21 bits per heavy atom. The number of aldehydes is 1. The predicted molar refractivity (Wildman–Crippen MR) is 54.6 cm³/mol. The molecule has 0 saturated carbocycles. The Labute approximate surface area is 83.1 Å². The summed E-state index contributed by atoms with van der Waals surface area (Å²) in [6.45, 7) is 4.28. The molecule has 0 saturated heterocycles. The molecule has 0 unspecified atom stereocenters. The van der Waals surface area contributed by atoms with Crippen LogP contribution in [0, 0.1) is 6.92 Å². The van der Waals surface area contributed by atoms with Gasteiger partial charge in [0.1, 0.15) is 6.29 Å². The first-order valence-electron chi connectivity index (χ1n) is 4.53. The van der Waals surface area contributed by atoms with Gasteiger partial charge in [-0.2, -0.15) is 0 Å². The van der Waals surface area contributed by atoms with Gasteiger partial charge >= 0.3 is 0 Å². The molecule has 1 N–H and O–H groups in total. The summed E-state index contributed by atoms with van der Waals surface area (Å²) in [5, 5.41) is 2.70. The number of nitrogens with one attached hydrogen (secondary N) is 1. The largest absolute Gasteiger partial charge is 0.352 e. The van der Waals surface area contributed by atoms with Crippen molar-refractivity contribution in [1.82, 2.24) is 5.32 Å².